The molecule has 2 rings (SSSR count). The van der Waals surface area contributed by atoms with E-state index in [0.29, 0.717) is 17.4 Å². The first-order chi connectivity index (χ1) is 9.46. The minimum atomic E-state index is -3.37. The second-order valence-corrected chi connectivity index (χ2v) is 7.42. The maximum absolute atomic E-state index is 12.7. The third kappa shape index (κ3) is 2.99. The first-order valence-electron chi connectivity index (χ1n) is 7.32. The minimum Gasteiger partial charge on any atom is -0.385 e. The van der Waals surface area contributed by atoms with Gasteiger partial charge >= 0.3 is 0 Å². The lowest BCUT2D eigenvalue weighted by molar-refractivity contribution is 0.202. The number of anilines is 1. The number of nitrogens with zero attached hydrogens (tertiary/aromatic N) is 1. The largest absolute Gasteiger partial charge is 0.385 e. The van der Waals surface area contributed by atoms with Crippen LogP contribution in [0.5, 0.6) is 0 Å². The molecule has 0 radical (unpaired) electrons. The van der Waals surface area contributed by atoms with Crippen molar-refractivity contribution in [1.29, 1.82) is 0 Å². The number of benzene rings is 1. The summed E-state index contributed by atoms with van der Waals surface area (Å²) in [5.41, 5.74) is 0.950. The molecular formula is C15H24N2O2S. The highest BCUT2D eigenvalue weighted by molar-refractivity contribution is 7.89. The standard InChI is InChI=1S/C15H24N2O2S/c1-4-16-14-7-9-15(10-8-14)20(18,19)17-11-5-6-12(2)13(17)3/h7-10,12-13,16H,4-6,11H2,1-3H3. The number of nitrogens with one attached hydrogen (secondary N) is 1. The van der Waals surface area contributed by atoms with E-state index in [0.717, 1.165) is 25.1 Å². The summed E-state index contributed by atoms with van der Waals surface area (Å²) in [5, 5.41) is 3.17. The summed E-state index contributed by atoms with van der Waals surface area (Å²) < 4.78 is 27.1. The van der Waals surface area contributed by atoms with E-state index < -0.39 is 10.0 Å². The van der Waals surface area contributed by atoms with E-state index in [-0.39, 0.29) is 6.04 Å². The Balaban J connectivity index is 2.25. The van der Waals surface area contributed by atoms with Gasteiger partial charge in [0, 0.05) is 24.8 Å². The molecule has 1 aliphatic heterocycles. The number of sulfonamides is 1. The number of piperidine rings is 1. The predicted octanol–water partition coefficient (Wildman–Crippen LogP) is 2.93. The Morgan fingerprint density at radius 3 is 2.50 bits per heavy atom. The SMILES string of the molecule is CCNc1ccc(S(=O)(=O)N2CCCC(C)C2C)cc1. The van der Waals surface area contributed by atoms with Crippen LogP contribution >= 0.6 is 0 Å². The molecule has 112 valence electrons. The van der Waals surface area contributed by atoms with Crippen molar-refractivity contribution in [2.75, 3.05) is 18.4 Å². The molecule has 1 saturated heterocycles. The van der Waals surface area contributed by atoms with Crippen molar-refractivity contribution in [3.8, 4) is 0 Å². The quantitative estimate of drug-likeness (QED) is 0.929. The molecular weight excluding hydrogens is 272 g/mol. The first kappa shape index (κ1) is 15.3. The molecule has 0 saturated carbocycles. The van der Waals surface area contributed by atoms with Crippen LogP contribution in [-0.4, -0.2) is 31.9 Å². The molecule has 1 heterocycles. The Hall–Kier alpha value is -1.07. The topological polar surface area (TPSA) is 49.4 Å². The van der Waals surface area contributed by atoms with Crippen molar-refractivity contribution in [3.63, 3.8) is 0 Å². The second kappa shape index (κ2) is 6.14. The van der Waals surface area contributed by atoms with E-state index >= 15 is 0 Å². The van der Waals surface area contributed by atoms with Gasteiger partial charge in [-0.15, -0.1) is 0 Å². The molecule has 20 heavy (non-hydrogen) atoms. The zero-order valence-corrected chi connectivity index (χ0v) is 13.3. The van der Waals surface area contributed by atoms with E-state index in [9.17, 15) is 8.42 Å². The highest BCUT2D eigenvalue weighted by Gasteiger charge is 2.34. The molecule has 1 aromatic carbocycles. The van der Waals surface area contributed by atoms with Gasteiger partial charge < -0.3 is 5.32 Å². The molecule has 0 amide bonds. The summed E-state index contributed by atoms with van der Waals surface area (Å²) in [7, 11) is -3.37. The van der Waals surface area contributed by atoms with Gasteiger partial charge in [0.05, 0.1) is 4.90 Å². The van der Waals surface area contributed by atoms with Crippen LogP contribution in [0.15, 0.2) is 29.2 Å². The molecule has 1 N–H and O–H groups in total. The van der Waals surface area contributed by atoms with Gasteiger partial charge in [0.1, 0.15) is 0 Å². The number of hydrogen-bond acceptors (Lipinski definition) is 3. The summed E-state index contributed by atoms with van der Waals surface area (Å²) >= 11 is 0. The van der Waals surface area contributed by atoms with E-state index in [1.165, 1.54) is 0 Å². The van der Waals surface area contributed by atoms with Crippen molar-refractivity contribution >= 4 is 15.7 Å². The van der Waals surface area contributed by atoms with Crippen LogP contribution in [0.4, 0.5) is 5.69 Å². The predicted molar refractivity (Wildman–Crippen MR) is 82.4 cm³/mol. The van der Waals surface area contributed by atoms with E-state index in [1.54, 1.807) is 16.4 Å². The highest BCUT2D eigenvalue weighted by Crippen LogP contribution is 2.29. The van der Waals surface area contributed by atoms with Crippen LogP contribution in [-0.2, 0) is 10.0 Å². The summed E-state index contributed by atoms with van der Waals surface area (Å²) in [6, 6.07) is 7.11. The van der Waals surface area contributed by atoms with E-state index in [2.05, 4.69) is 12.2 Å². The van der Waals surface area contributed by atoms with E-state index in [1.807, 2.05) is 26.0 Å². The first-order valence-corrected chi connectivity index (χ1v) is 8.76. The van der Waals surface area contributed by atoms with Crippen LogP contribution in [0.3, 0.4) is 0 Å². The summed E-state index contributed by atoms with van der Waals surface area (Å²) in [6.07, 6.45) is 2.05. The van der Waals surface area contributed by atoms with Crippen LogP contribution in [0, 0.1) is 5.92 Å². The van der Waals surface area contributed by atoms with Crippen LogP contribution in [0.25, 0.3) is 0 Å². The van der Waals surface area contributed by atoms with Crippen LogP contribution in [0.2, 0.25) is 0 Å². The van der Waals surface area contributed by atoms with Gasteiger partial charge in [0.2, 0.25) is 10.0 Å². The van der Waals surface area contributed by atoms with Gasteiger partial charge in [0.15, 0.2) is 0 Å². The van der Waals surface area contributed by atoms with Crippen LogP contribution < -0.4 is 5.32 Å². The minimum absolute atomic E-state index is 0.0715. The molecule has 1 fully saturated rings. The molecule has 2 unspecified atom stereocenters. The number of hydrogen-bond donors (Lipinski definition) is 1. The zero-order valence-electron chi connectivity index (χ0n) is 12.5. The van der Waals surface area contributed by atoms with Crippen molar-refractivity contribution < 1.29 is 8.42 Å². The lowest BCUT2D eigenvalue weighted by Gasteiger charge is -2.36. The Labute approximate surface area is 122 Å². The van der Waals surface area contributed by atoms with Gasteiger partial charge in [-0.3, -0.25) is 0 Å². The maximum Gasteiger partial charge on any atom is 0.243 e. The Morgan fingerprint density at radius 1 is 1.25 bits per heavy atom. The highest BCUT2D eigenvalue weighted by atomic mass is 32.2. The second-order valence-electron chi connectivity index (χ2n) is 5.53. The molecule has 1 aromatic rings. The Kier molecular flexibility index (Phi) is 4.70. The van der Waals surface area contributed by atoms with Gasteiger partial charge in [-0.25, -0.2) is 8.42 Å². The molecule has 5 heteroatoms. The fourth-order valence-electron chi connectivity index (χ4n) is 2.72. The van der Waals surface area contributed by atoms with Gasteiger partial charge in [-0.1, -0.05) is 6.92 Å². The summed E-state index contributed by atoms with van der Waals surface area (Å²) in [4.78, 5) is 0.389. The average molecular weight is 296 g/mol. The normalized spacial score (nSPS) is 24.6. The number of rotatable bonds is 4. The molecule has 0 aliphatic carbocycles. The lowest BCUT2D eigenvalue weighted by atomic mass is 9.94. The third-order valence-corrected chi connectivity index (χ3v) is 6.16. The molecule has 0 bridgehead atoms. The van der Waals surface area contributed by atoms with E-state index in [4.69, 9.17) is 0 Å². The lowest BCUT2D eigenvalue weighted by Crippen LogP contribution is -2.45. The van der Waals surface area contributed by atoms with Crippen molar-refractivity contribution in [2.24, 2.45) is 5.92 Å². The molecule has 4 nitrogen and oxygen atoms in total. The molecule has 1 aliphatic rings. The van der Waals surface area contributed by atoms with Gasteiger partial charge in [-0.2, -0.15) is 4.31 Å². The Morgan fingerprint density at radius 2 is 1.90 bits per heavy atom. The fourth-order valence-corrected chi connectivity index (χ4v) is 4.49. The summed E-state index contributed by atoms with van der Waals surface area (Å²) in [6.45, 7) is 7.60. The van der Waals surface area contributed by atoms with Crippen molar-refractivity contribution in [2.45, 2.75) is 44.6 Å². The molecule has 0 spiro atoms. The monoisotopic (exact) mass is 296 g/mol. The fraction of sp³-hybridized carbons (Fsp3) is 0.600. The third-order valence-electron chi connectivity index (χ3n) is 4.16. The van der Waals surface area contributed by atoms with Gasteiger partial charge in [-0.05, 0) is 56.9 Å². The van der Waals surface area contributed by atoms with Crippen LogP contribution in [0.1, 0.15) is 33.6 Å². The molecule has 2 atom stereocenters. The van der Waals surface area contributed by atoms with Crippen molar-refractivity contribution in [3.05, 3.63) is 24.3 Å². The molecule has 0 aromatic heterocycles. The van der Waals surface area contributed by atoms with Crippen molar-refractivity contribution in [1.82, 2.24) is 4.31 Å². The van der Waals surface area contributed by atoms with Gasteiger partial charge in [0.25, 0.3) is 0 Å². The summed E-state index contributed by atoms with van der Waals surface area (Å²) in [5.74, 6) is 0.416. The average Bonchev–Trinajstić information content (AvgIpc) is 2.42. The maximum atomic E-state index is 12.7. The zero-order chi connectivity index (χ0) is 14.8. The Bertz CT molecular complexity index is 539. The smallest absolute Gasteiger partial charge is 0.243 e.